The molecule has 8 nitrogen and oxygen atoms in total. The average molecular weight is 468 g/mol. The van der Waals surface area contributed by atoms with Crippen LogP contribution in [0.25, 0.3) is 22.3 Å². The van der Waals surface area contributed by atoms with E-state index in [0.29, 0.717) is 40.7 Å². The summed E-state index contributed by atoms with van der Waals surface area (Å²) in [4.78, 5) is 13.8. The number of benzene rings is 1. The number of alkyl halides is 2. The molecule has 0 aliphatic rings. The summed E-state index contributed by atoms with van der Waals surface area (Å²) in [6, 6.07) is 6.97. The number of nitrogens with one attached hydrogen (secondary N) is 1. The number of hydrogen-bond acceptors (Lipinski definition) is 7. The van der Waals surface area contributed by atoms with Gasteiger partial charge >= 0.3 is 6.61 Å². The largest absolute Gasteiger partial charge is 0.435 e. The highest BCUT2D eigenvalue weighted by Gasteiger charge is 2.17. The lowest BCUT2D eigenvalue weighted by Crippen LogP contribution is -2.20. The number of nitrogens with zero attached hydrogens (tertiary/aromatic N) is 6. The zero-order chi connectivity index (χ0) is 24.5. The Labute approximate surface area is 196 Å². The number of fused-ring (bicyclic) bond motifs is 1. The first kappa shape index (κ1) is 23.5. The quantitative estimate of drug-likeness (QED) is 0.418. The van der Waals surface area contributed by atoms with Gasteiger partial charge in [0.15, 0.2) is 11.6 Å². The van der Waals surface area contributed by atoms with E-state index >= 15 is 0 Å². The highest BCUT2D eigenvalue weighted by Crippen LogP contribution is 2.29. The first-order chi connectivity index (χ1) is 16.1. The molecule has 0 unspecified atom stereocenters. The van der Waals surface area contributed by atoms with Crippen molar-refractivity contribution in [3.63, 3.8) is 0 Å². The van der Waals surface area contributed by atoms with Crippen molar-refractivity contribution in [2.24, 2.45) is 12.5 Å². The first-order valence-electron chi connectivity index (χ1n) is 10.9. The minimum Gasteiger partial charge on any atom is -0.435 e. The standard InChI is InChI=1S/C24H27F2N7O/c1-14-8-17-11-27-19(31-20(17)21(30-14)28-12-24(2,3)4)10-15-6-7-16(9-18(15)34-23(25)26)22-32-29-13-33(22)5/h6-9,11,13,23H,10,12H2,1-5H3,(H,28,30). The van der Waals surface area contributed by atoms with E-state index in [1.54, 1.807) is 36.3 Å². The Hall–Kier alpha value is -3.69. The van der Waals surface area contributed by atoms with Gasteiger partial charge in [-0.25, -0.2) is 15.0 Å². The van der Waals surface area contributed by atoms with Gasteiger partial charge in [-0.1, -0.05) is 32.9 Å². The number of halogens is 2. The molecule has 0 aliphatic carbocycles. The third kappa shape index (κ3) is 5.44. The number of aromatic nitrogens is 6. The average Bonchev–Trinajstić information content (AvgIpc) is 3.18. The van der Waals surface area contributed by atoms with Gasteiger partial charge in [-0.15, -0.1) is 10.2 Å². The van der Waals surface area contributed by atoms with Gasteiger partial charge in [0.2, 0.25) is 0 Å². The van der Waals surface area contributed by atoms with Gasteiger partial charge < -0.3 is 14.6 Å². The monoisotopic (exact) mass is 467 g/mol. The van der Waals surface area contributed by atoms with E-state index in [1.807, 2.05) is 13.0 Å². The van der Waals surface area contributed by atoms with Crippen molar-refractivity contribution in [3.8, 4) is 17.1 Å². The van der Waals surface area contributed by atoms with Crippen LogP contribution in [0.3, 0.4) is 0 Å². The van der Waals surface area contributed by atoms with E-state index in [1.165, 1.54) is 6.07 Å². The van der Waals surface area contributed by atoms with Crippen molar-refractivity contribution in [1.29, 1.82) is 0 Å². The minimum atomic E-state index is -2.97. The molecule has 178 valence electrons. The first-order valence-corrected chi connectivity index (χ1v) is 10.9. The van der Waals surface area contributed by atoms with Gasteiger partial charge in [0.1, 0.15) is 23.4 Å². The molecule has 3 heterocycles. The van der Waals surface area contributed by atoms with Crippen molar-refractivity contribution in [3.05, 3.63) is 53.9 Å². The maximum absolute atomic E-state index is 13.2. The van der Waals surface area contributed by atoms with E-state index in [-0.39, 0.29) is 17.6 Å². The molecule has 4 rings (SSSR count). The molecule has 3 aromatic heterocycles. The number of aryl methyl sites for hydroxylation is 2. The molecule has 4 aromatic rings. The highest BCUT2D eigenvalue weighted by atomic mass is 19.3. The third-order valence-corrected chi connectivity index (χ3v) is 5.13. The maximum atomic E-state index is 13.2. The lowest BCUT2D eigenvalue weighted by molar-refractivity contribution is -0.0503. The molecule has 34 heavy (non-hydrogen) atoms. The summed E-state index contributed by atoms with van der Waals surface area (Å²) in [7, 11) is 1.78. The fourth-order valence-electron chi connectivity index (χ4n) is 3.53. The Kier molecular flexibility index (Phi) is 6.41. The van der Waals surface area contributed by atoms with Gasteiger partial charge in [0.25, 0.3) is 0 Å². The molecule has 0 fully saturated rings. The van der Waals surface area contributed by atoms with Crippen LogP contribution in [-0.4, -0.2) is 42.9 Å². The molecule has 10 heteroatoms. The van der Waals surface area contributed by atoms with E-state index in [0.717, 1.165) is 11.1 Å². The molecular weight excluding hydrogens is 440 g/mol. The van der Waals surface area contributed by atoms with Gasteiger partial charge in [0, 0.05) is 48.4 Å². The molecular formula is C24H27F2N7O. The van der Waals surface area contributed by atoms with Gasteiger partial charge in [0.05, 0.1) is 0 Å². The third-order valence-electron chi connectivity index (χ3n) is 5.13. The molecule has 0 saturated carbocycles. The molecule has 0 atom stereocenters. The summed E-state index contributed by atoms with van der Waals surface area (Å²) in [5.41, 5.74) is 2.75. The van der Waals surface area contributed by atoms with Crippen LogP contribution in [0.2, 0.25) is 0 Å². The Bertz CT molecular complexity index is 1310. The summed E-state index contributed by atoms with van der Waals surface area (Å²) in [5.74, 6) is 1.74. The lowest BCUT2D eigenvalue weighted by atomic mass is 9.97. The Balaban J connectivity index is 1.70. The van der Waals surface area contributed by atoms with E-state index in [9.17, 15) is 8.78 Å². The number of rotatable bonds is 7. The number of anilines is 1. The molecule has 1 aromatic carbocycles. The highest BCUT2D eigenvalue weighted by molar-refractivity contribution is 5.88. The van der Waals surface area contributed by atoms with Crippen LogP contribution in [0.1, 0.15) is 37.9 Å². The van der Waals surface area contributed by atoms with Crippen LogP contribution in [-0.2, 0) is 13.5 Å². The molecule has 0 bridgehead atoms. The smallest absolute Gasteiger partial charge is 0.387 e. The fourth-order valence-corrected chi connectivity index (χ4v) is 3.53. The maximum Gasteiger partial charge on any atom is 0.387 e. The second-order valence-electron chi connectivity index (χ2n) is 9.39. The Morgan fingerprint density at radius 2 is 1.94 bits per heavy atom. The van der Waals surface area contributed by atoms with Gasteiger partial charge in [-0.3, -0.25) is 0 Å². The van der Waals surface area contributed by atoms with Gasteiger partial charge in [-0.05, 0) is 24.5 Å². The summed E-state index contributed by atoms with van der Waals surface area (Å²) in [6.07, 6.45) is 3.49. The van der Waals surface area contributed by atoms with Crippen molar-refractivity contribution >= 4 is 16.7 Å². The Morgan fingerprint density at radius 1 is 1.15 bits per heavy atom. The van der Waals surface area contributed by atoms with Crippen LogP contribution in [0.5, 0.6) is 5.75 Å². The molecule has 0 radical (unpaired) electrons. The molecule has 0 spiro atoms. The summed E-state index contributed by atoms with van der Waals surface area (Å²) in [6.45, 7) is 6.07. The second-order valence-corrected chi connectivity index (χ2v) is 9.39. The predicted molar refractivity (Wildman–Crippen MR) is 126 cm³/mol. The van der Waals surface area contributed by atoms with Crippen molar-refractivity contribution < 1.29 is 13.5 Å². The number of hydrogen-bond donors (Lipinski definition) is 1. The van der Waals surface area contributed by atoms with Gasteiger partial charge in [-0.2, -0.15) is 8.78 Å². The molecule has 0 saturated heterocycles. The summed E-state index contributed by atoms with van der Waals surface area (Å²) in [5, 5.41) is 12.1. The fraction of sp³-hybridized carbons (Fsp3) is 0.375. The number of ether oxygens (including phenoxy) is 1. The van der Waals surface area contributed by atoms with Crippen LogP contribution in [0, 0.1) is 12.3 Å². The lowest BCUT2D eigenvalue weighted by Gasteiger charge is -2.20. The van der Waals surface area contributed by atoms with Crippen LogP contribution in [0.15, 0.2) is 36.8 Å². The second kappa shape index (κ2) is 9.28. The van der Waals surface area contributed by atoms with Crippen LogP contribution >= 0.6 is 0 Å². The van der Waals surface area contributed by atoms with Crippen molar-refractivity contribution in [2.45, 2.75) is 40.7 Å². The van der Waals surface area contributed by atoms with E-state index in [2.05, 4.69) is 46.3 Å². The zero-order valence-corrected chi connectivity index (χ0v) is 19.8. The van der Waals surface area contributed by atoms with Crippen molar-refractivity contribution in [1.82, 2.24) is 29.7 Å². The molecule has 0 amide bonds. The summed E-state index contributed by atoms with van der Waals surface area (Å²) >= 11 is 0. The molecule has 1 N–H and O–H groups in total. The minimum absolute atomic E-state index is 0.0484. The predicted octanol–water partition coefficient (Wildman–Crippen LogP) is 4.78. The van der Waals surface area contributed by atoms with E-state index in [4.69, 9.17) is 9.72 Å². The zero-order valence-electron chi connectivity index (χ0n) is 19.8. The number of pyridine rings is 1. The van der Waals surface area contributed by atoms with Crippen LogP contribution < -0.4 is 10.1 Å². The SMILES string of the molecule is Cc1cc2cnc(Cc3ccc(-c4nncn4C)cc3OC(F)F)nc2c(NCC(C)(C)C)n1. The topological polar surface area (TPSA) is 90.6 Å². The summed E-state index contributed by atoms with van der Waals surface area (Å²) < 4.78 is 32.9. The normalized spacial score (nSPS) is 11.9. The molecule has 0 aliphatic heterocycles. The van der Waals surface area contributed by atoms with E-state index < -0.39 is 6.61 Å². The Morgan fingerprint density at radius 3 is 2.62 bits per heavy atom. The van der Waals surface area contributed by atoms with Crippen molar-refractivity contribution in [2.75, 3.05) is 11.9 Å². The van der Waals surface area contributed by atoms with Crippen LogP contribution in [0.4, 0.5) is 14.6 Å².